The number of carbonyl (C=O) groups is 2. The molecule has 18 heteroatoms. The first kappa shape index (κ1) is 46.2. The third-order valence-electron chi connectivity index (χ3n) is 5.09. The van der Waals surface area contributed by atoms with Crippen LogP contribution in [0.3, 0.4) is 0 Å². The van der Waals surface area contributed by atoms with Crippen LogP contribution in [0.5, 0.6) is 0 Å². The molecule has 0 radical (unpaired) electrons. The highest BCUT2D eigenvalue weighted by molar-refractivity contribution is 6.91. The predicted octanol–water partition coefficient (Wildman–Crippen LogP) is 8.25. The van der Waals surface area contributed by atoms with Crippen molar-refractivity contribution in [3.8, 4) is 0 Å². The van der Waals surface area contributed by atoms with Crippen molar-refractivity contribution in [3.63, 3.8) is 0 Å². The van der Waals surface area contributed by atoms with E-state index in [4.69, 9.17) is 34.2 Å². The largest absolute Gasteiger partial charge is 0.512 e. The van der Waals surface area contributed by atoms with Gasteiger partial charge in [-0.15, -0.1) is 0 Å². The van der Waals surface area contributed by atoms with Gasteiger partial charge in [0.1, 0.15) is 0 Å². The van der Waals surface area contributed by atoms with Gasteiger partial charge in [0.05, 0.1) is 0 Å². The van der Waals surface area contributed by atoms with Gasteiger partial charge in [0.2, 0.25) is 0 Å². The molecule has 0 aliphatic rings. The molecule has 0 aliphatic carbocycles. The zero-order valence-corrected chi connectivity index (χ0v) is 40.8. The summed E-state index contributed by atoms with van der Waals surface area (Å²) in [5, 5.41) is 0. The molecule has 0 aromatic rings. The van der Waals surface area contributed by atoms with Crippen molar-refractivity contribution in [1.82, 2.24) is 0 Å². The van der Waals surface area contributed by atoms with Gasteiger partial charge in [-0.3, -0.25) is 0 Å². The maximum Gasteiger partial charge on any atom is 0.512 e. The zero-order chi connectivity index (χ0) is 36.8. The Kier molecular flexibility index (Phi) is 17.0. The van der Waals surface area contributed by atoms with Gasteiger partial charge in [-0.1, -0.05) is 13.8 Å². The molecule has 0 amide bonds. The van der Waals surface area contributed by atoms with Crippen LogP contribution in [0.4, 0.5) is 0 Å². The van der Waals surface area contributed by atoms with Crippen molar-refractivity contribution in [2.75, 3.05) is 0 Å². The fourth-order valence-corrected chi connectivity index (χ4v) is 32.8. The maximum atomic E-state index is 13.3. The van der Waals surface area contributed by atoms with E-state index in [0.29, 0.717) is 12.8 Å². The lowest BCUT2D eigenvalue weighted by Crippen LogP contribution is -2.67. The lowest BCUT2D eigenvalue weighted by atomic mass is 10.4. The van der Waals surface area contributed by atoms with E-state index in [2.05, 4.69) is 118 Å². The van der Waals surface area contributed by atoms with Crippen LogP contribution in [0.25, 0.3) is 0 Å². The molecule has 0 spiro atoms. The monoisotopic (exact) mass is 788 g/mol. The first-order valence-electron chi connectivity index (χ1n) is 16.5. The van der Waals surface area contributed by atoms with Gasteiger partial charge in [-0.2, -0.15) is 0 Å². The third-order valence-corrected chi connectivity index (χ3v) is 29.2. The van der Waals surface area contributed by atoms with E-state index in [-0.39, 0.29) is 0 Å². The van der Waals surface area contributed by atoms with E-state index in [1.807, 2.05) is 13.8 Å². The molecule has 2 unspecified atom stereocenters. The zero-order valence-electron chi connectivity index (χ0n) is 32.8. The standard InChI is InChI=1S/C28H68O10Si8/c1-21-27(45(33-39(3,4)5,34-40(6,7)8)35-41(9,10)11)31-25(29)23-24-26(30)32-28(22-2)46(36-42(12,13)14,37-43(15,16)17)38-44(18,19)20/h23-24,27-28H,21-22H2,1-20H3. The highest BCUT2D eigenvalue weighted by Crippen LogP contribution is 2.33. The van der Waals surface area contributed by atoms with Crippen LogP contribution in [0.2, 0.25) is 118 Å². The fourth-order valence-electron chi connectivity index (χ4n) is 4.39. The van der Waals surface area contributed by atoms with Crippen LogP contribution in [0, 0.1) is 0 Å². The minimum absolute atomic E-state index is 0.442. The molecule has 2 atom stereocenters. The van der Waals surface area contributed by atoms with Crippen LogP contribution in [-0.2, 0) is 43.8 Å². The van der Waals surface area contributed by atoms with E-state index in [1.54, 1.807) is 0 Å². The van der Waals surface area contributed by atoms with Gasteiger partial charge in [-0.25, -0.2) is 9.59 Å². The summed E-state index contributed by atoms with van der Waals surface area (Å²) in [5.41, 5.74) is -1.45. The van der Waals surface area contributed by atoms with Crippen molar-refractivity contribution >= 4 is 79.5 Å². The molecule has 0 aliphatic heterocycles. The molecule has 0 fully saturated rings. The van der Waals surface area contributed by atoms with Crippen LogP contribution in [0.15, 0.2) is 12.2 Å². The fraction of sp³-hybridized carbons (Fsp3) is 0.857. The minimum atomic E-state index is -3.52. The van der Waals surface area contributed by atoms with Crippen molar-refractivity contribution in [2.24, 2.45) is 0 Å². The van der Waals surface area contributed by atoms with Gasteiger partial charge in [0.15, 0.2) is 61.4 Å². The molecule has 0 aromatic heterocycles. The van der Waals surface area contributed by atoms with E-state index in [1.165, 1.54) is 0 Å². The summed E-state index contributed by atoms with van der Waals surface area (Å²) in [5.74, 6) is -1.38. The van der Waals surface area contributed by atoms with Gasteiger partial charge >= 0.3 is 29.5 Å². The van der Waals surface area contributed by atoms with E-state index in [0.717, 1.165) is 12.2 Å². The van der Waals surface area contributed by atoms with Crippen LogP contribution in [-0.4, -0.2) is 90.9 Å². The maximum absolute atomic E-state index is 13.3. The summed E-state index contributed by atoms with van der Waals surface area (Å²) in [4.78, 5) is 26.6. The van der Waals surface area contributed by atoms with E-state index < -0.39 is 90.9 Å². The Morgan fingerprint density at radius 2 is 0.587 bits per heavy atom. The quantitative estimate of drug-likeness (QED) is 0.0680. The van der Waals surface area contributed by atoms with Crippen LogP contribution < -0.4 is 0 Å². The normalized spacial score (nSPS) is 16.0. The molecule has 0 saturated carbocycles. The van der Waals surface area contributed by atoms with E-state index >= 15 is 0 Å². The average Bonchev–Trinajstić information content (AvgIpc) is 2.72. The summed E-state index contributed by atoms with van der Waals surface area (Å²) in [7, 11) is -20.2. The van der Waals surface area contributed by atoms with E-state index in [9.17, 15) is 9.59 Å². The number of rotatable bonds is 20. The summed E-state index contributed by atoms with van der Waals surface area (Å²) in [6.07, 6.45) is 3.10. The highest BCUT2D eigenvalue weighted by Gasteiger charge is 2.59. The SMILES string of the molecule is CCC(OC(=O)C=CC(=O)OC(CC)[Si](O[Si](C)(C)C)(O[Si](C)(C)C)O[Si](C)(C)C)[Si](O[Si](C)(C)C)(O[Si](C)(C)C)O[Si](C)(C)C. The summed E-state index contributed by atoms with van der Waals surface area (Å²) in [6.45, 7) is 41.3. The number of hydrogen-bond acceptors (Lipinski definition) is 10. The van der Waals surface area contributed by atoms with Crippen molar-refractivity contribution < 1.29 is 43.8 Å². The van der Waals surface area contributed by atoms with Crippen LogP contribution >= 0.6 is 0 Å². The van der Waals surface area contributed by atoms with Gasteiger partial charge in [0.25, 0.3) is 0 Å². The molecule has 10 nitrogen and oxygen atoms in total. The second-order valence-corrected chi connectivity index (χ2v) is 51.4. The molecule has 0 rings (SSSR count). The molecule has 0 bridgehead atoms. The first-order chi connectivity index (χ1) is 20.2. The molecule has 0 saturated heterocycles. The average molecular weight is 790 g/mol. The molecule has 0 heterocycles. The molecule has 272 valence electrons. The lowest BCUT2D eigenvalue weighted by Gasteiger charge is -2.45. The Hall–Kier alpha value is 0.175. The topological polar surface area (TPSA) is 108 Å². The van der Waals surface area contributed by atoms with Crippen LogP contribution in [0.1, 0.15) is 26.7 Å². The summed E-state index contributed by atoms with van der Waals surface area (Å²) < 4.78 is 52.6. The lowest BCUT2D eigenvalue weighted by molar-refractivity contribution is -0.144. The second-order valence-electron chi connectivity index (χ2n) is 17.5. The third kappa shape index (κ3) is 19.4. The molecule has 46 heavy (non-hydrogen) atoms. The van der Waals surface area contributed by atoms with Gasteiger partial charge in [-0.05, 0) is 131 Å². The van der Waals surface area contributed by atoms with Crippen molar-refractivity contribution in [3.05, 3.63) is 12.2 Å². The summed E-state index contributed by atoms with van der Waals surface area (Å²) >= 11 is 0. The van der Waals surface area contributed by atoms with Gasteiger partial charge < -0.3 is 34.2 Å². The molecular weight excluding hydrogens is 721 g/mol. The number of ether oxygens (including phenoxy) is 2. The van der Waals surface area contributed by atoms with Gasteiger partial charge in [0, 0.05) is 12.2 Å². The van der Waals surface area contributed by atoms with Crippen molar-refractivity contribution in [2.45, 2.75) is 156 Å². The Bertz CT molecular complexity index is 855. The first-order valence-corrected chi connectivity index (χ1v) is 40.5. The predicted molar refractivity (Wildman–Crippen MR) is 208 cm³/mol. The second kappa shape index (κ2) is 16.9. The molecule has 0 aromatic carbocycles. The number of hydrogen-bond donors (Lipinski definition) is 0. The Morgan fingerprint density at radius 3 is 0.717 bits per heavy atom. The minimum Gasteiger partial charge on any atom is -0.455 e. The smallest absolute Gasteiger partial charge is 0.455 e. The number of carbonyl (C=O) groups excluding carboxylic acids is 2. The Balaban J connectivity index is 6.48. The highest BCUT2D eigenvalue weighted by atomic mass is 28.5. The molecule has 0 N–H and O–H groups in total. The Labute approximate surface area is 290 Å². The van der Waals surface area contributed by atoms with Crippen molar-refractivity contribution in [1.29, 1.82) is 0 Å². The Morgan fingerprint density at radius 1 is 0.413 bits per heavy atom. The molecular formula is C28H68O10Si8. The number of esters is 2. The summed E-state index contributed by atoms with van der Waals surface area (Å²) in [6, 6.07) is 0.